The molecule has 0 aliphatic heterocycles. The zero-order valence-electron chi connectivity index (χ0n) is 11.4. The van der Waals surface area contributed by atoms with Gasteiger partial charge in [0.15, 0.2) is 9.84 Å². The summed E-state index contributed by atoms with van der Waals surface area (Å²) < 4.78 is 30.3. The first kappa shape index (κ1) is 13.4. The maximum absolute atomic E-state index is 12.7. The molecule has 1 heterocycles. The molecule has 0 bridgehead atoms. The highest BCUT2D eigenvalue weighted by atomic mass is 32.2. The van der Waals surface area contributed by atoms with Gasteiger partial charge in [-0.2, -0.15) is 0 Å². The van der Waals surface area contributed by atoms with Crippen molar-refractivity contribution in [3.05, 3.63) is 52.9 Å². The summed E-state index contributed by atoms with van der Waals surface area (Å²) in [7, 11) is -3.24. The molecule has 4 nitrogen and oxygen atoms in total. The third-order valence-electron chi connectivity index (χ3n) is 3.95. The predicted molar refractivity (Wildman–Crippen MR) is 76.0 cm³/mol. The first-order valence-electron chi connectivity index (χ1n) is 6.77. The number of aryl methyl sites for hydroxylation is 2. The van der Waals surface area contributed by atoms with Gasteiger partial charge in [0.05, 0.1) is 17.2 Å². The van der Waals surface area contributed by atoms with Crippen LogP contribution in [0.5, 0.6) is 0 Å². The van der Waals surface area contributed by atoms with Crippen LogP contribution in [0.2, 0.25) is 0 Å². The number of hydrogen-bond donors (Lipinski definition) is 0. The van der Waals surface area contributed by atoms with Crippen molar-refractivity contribution in [1.29, 1.82) is 0 Å². The zero-order chi connectivity index (χ0) is 14.2. The van der Waals surface area contributed by atoms with Gasteiger partial charge in [0.25, 0.3) is 0 Å². The van der Waals surface area contributed by atoms with Gasteiger partial charge in [0, 0.05) is 5.56 Å². The van der Waals surface area contributed by atoms with E-state index >= 15 is 0 Å². The van der Waals surface area contributed by atoms with Crippen molar-refractivity contribution in [2.24, 2.45) is 0 Å². The number of rotatable bonds is 3. The SMILES string of the molecule is Cc1oncc1CS(=O)(=O)C1CCCc2ccccc21. The van der Waals surface area contributed by atoms with Crippen LogP contribution in [-0.4, -0.2) is 13.6 Å². The molecule has 3 rings (SSSR count). The zero-order valence-corrected chi connectivity index (χ0v) is 12.2. The van der Waals surface area contributed by atoms with E-state index in [0.29, 0.717) is 17.7 Å². The quantitative estimate of drug-likeness (QED) is 0.872. The summed E-state index contributed by atoms with van der Waals surface area (Å²) in [5.41, 5.74) is 2.79. The first-order valence-corrected chi connectivity index (χ1v) is 8.49. The monoisotopic (exact) mass is 291 g/mol. The Kier molecular flexibility index (Phi) is 3.38. The molecule has 1 aromatic carbocycles. The number of benzene rings is 1. The van der Waals surface area contributed by atoms with E-state index in [0.717, 1.165) is 24.0 Å². The Morgan fingerprint density at radius 1 is 1.35 bits per heavy atom. The fourth-order valence-electron chi connectivity index (χ4n) is 2.86. The molecule has 1 unspecified atom stereocenters. The van der Waals surface area contributed by atoms with E-state index < -0.39 is 15.1 Å². The summed E-state index contributed by atoms with van der Waals surface area (Å²) in [6, 6.07) is 7.86. The van der Waals surface area contributed by atoms with Crippen molar-refractivity contribution < 1.29 is 12.9 Å². The van der Waals surface area contributed by atoms with E-state index in [1.54, 1.807) is 6.92 Å². The van der Waals surface area contributed by atoms with Crippen molar-refractivity contribution in [3.8, 4) is 0 Å². The molecule has 20 heavy (non-hydrogen) atoms. The summed E-state index contributed by atoms with van der Waals surface area (Å²) in [6.07, 6.45) is 4.09. The highest BCUT2D eigenvalue weighted by Crippen LogP contribution is 2.37. The standard InChI is InChI=1S/C15H17NO3S/c1-11-13(9-16-19-11)10-20(17,18)15-8-4-6-12-5-2-3-7-14(12)15/h2-3,5,7,9,15H,4,6,8,10H2,1H3. The van der Waals surface area contributed by atoms with Crippen LogP contribution in [0.15, 0.2) is 35.0 Å². The lowest BCUT2D eigenvalue weighted by atomic mass is 9.91. The summed E-state index contributed by atoms with van der Waals surface area (Å²) in [6.45, 7) is 1.74. The summed E-state index contributed by atoms with van der Waals surface area (Å²) in [5.74, 6) is 0.582. The Morgan fingerprint density at radius 3 is 2.90 bits per heavy atom. The highest BCUT2D eigenvalue weighted by Gasteiger charge is 2.32. The number of hydrogen-bond acceptors (Lipinski definition) is 4. The molecular formula is C15H17NO3S. The van der Waals surface area contributed by atoms with Crippen LogP contribution in [0.3, 0.4) is 0 Å². The molecule has 0 fully saturated rings. The Hall–Kier alpha value is -1.62. The average molecular weight is 291 g/mol. The van der Waals surface area contributed by atoms with Gasteiger partial charge < -0.3 is 4.52 Å². The van der Waals surface area contributed by atoms with Gasteiger partial charge in [-0.1, -0.05) is 29.4 Å². The molecule has 106 valence electrons. The molecule has 1 atom stereocenters. The fourth-order valence-corrected chi connectivity index (χ4v) is 4.91. The van der Waals surface area contributed by atoms with Crippen LogP contribution in [0.25, 0.3) is 0 Å². The Balaban J connectivity index is 1.95. The predicted octanol–water partition coefficient (Wildman–Crippen LogP) is 2.98. The van der Waals surface area contributed by atoms with Crippen molar-refractivity contribution in [2.45, 2.75) is 37.2 Å². The highest BCUT2D eigenvalue weighted by molar-refractivity contribution is 7.90. The normalized spacial score (nSPS) is 18.8. The minimum Gasteiger partial charge on any atom is -0.361 e. The largest absolute Gasteiger partial charge is 0.361 e. The minimum atomic E-state index is -3.24. The molecular weight excluding hydrogens is 274 g/mol. The van der Waals surface area contributed by atoms with Crippen molar-refractivity contribution in [3.63, 3.8) is 0 Å². The second-order valence-corrected chi connectivity index (χ2v) is 7.48. The molecule has 0 saturated heterocycles. The van der Waals surface area contributed by atoms with E-state index in [1.165, 1.54) is 6.20 Å². The molecule has 5 heteroatoms. The Morgan fingerprint density at radius 2 is 2.15 bits per heavy atom. The van der Waals surface area contributed by atoms with Crippen LogP contribution < -0.4 is 0 Å². The minimum absolute atomic E-state index is 0.00132. The van der Waals surface area contributed by atoms with Gasteiger partial charge in [-0.15, -0.1) is 0 Å². The molecule has 2 aromatic rings. The second kappa shape index (κ2) is 5.05. The van der Waals surface area contributed by atoms with Gasteiger partial charge in [-0.3, -0.25) is 0 Å². The molecule has 1 aliphatic rings. The lowest BCUT2D eigenvalue weighted by Crippen LogP contribution is -2.20. The second-order valence-electron chi connectivity index (χ2n) is 5.29. The molecule has 0 saturated carbocycles. The van der Waals surface area contributed by atoms with E-state index in [1.807, 2.05) is 24.3 Å². The van der Waals surface area contributed by atoms with Gasteiger partial charge in [0.1, 0.15) is 5.76 Å². The molecule has 0 spiro atoms. The van der Waals surface area contributed by atoms with Crippen molar-refractivity contribution in [2.75, 3.05) is 0 Å². The number of aromatic nitrogens is 1. The van der Waals surface area contributed by atoms with Crippen molar-refractivity contribution >= 4 is 9.84 Å². The van der Waals surface area contributed by atoms with Gasteiger partial charge in [-0.05, 0) is 37.3 Å². The Labute approximate surface area is 118 Å². The molecule has 0 amide bonds. The van der Waals surface area contributed by atoms with Gasteiger partial charge in [0.2, 0.25) is 0 Å². The first-order chi connectivity index (χ1) is 9.58. The summed E-state index contributed by atoms with van der Waals surface area (Å²) >= 11 is 0. The van der Waals surface area contributed by atoms with Gasteiger partial charge in [-0.25, -0.2) is 8.42 Å². The van der Waals surface area contributed by atoms with E-state index in [-0.39, 0.29) is 5.75 Å². The van der Waals surface area contributed by atoms with Crippen LogP contribution in [-0.2, 0) is 22.0 Å². The van der Waals surface area contributed by atoms with Crippen LogP contribution in [0, 0.1) is 6.92 Å². The third-order valence-corrected chi connectivity index (χ3v) is 6.02. The number of fused-ring (bicyclic) bond motifs is 1. The lowest BCUT2D eigenvalue weighted by Gasteiger charge is -2.25. The third kappa shape index (κ3) is 2.38. The summed E-state index contributed by atoms with van der Waals surface area (Å²) in [4.78, 5) is 0. The molecule has 1 aliphatic carbocycles. The average Bonchev–Trinajstić information content (AvgIpc) is 2.83. The van der Waals surface area contributed by atoms with E-state index in [4.69, 9.17) is 4.52 Å². The van der Waals surface area contributed by atoms with E-state index in [9.17, 15) is 8.42 Å². The van der Waals surface area contributed by atoms with Crippen LogP contribution in [0.4, 0.5) is 0 Å². The fraction of sp³-hybridized carbons (Fsp3) is 0.400. The maximum Gasteiger partial charge on any atom is 0.161 e. The van der Waals surface area contributed by atoms with Crippen LogP contribution in [0.1, 0.15) is 40.5 Å². The molecule has 0 radical (unpaired) electrons. The van der Waals surface area contributed by atoms with Crippen molar-refractivity contribution in [1.82, 2.24) is 5.16 Å². The lowest BCUT2D eigenvalue weighted by molar-refractivity contribution is 0.396. The van der Waals surface area contributed by atoms with Gasteiger partial charge >= 0.3 is 0 Å². The molecule has 0 N–H and O–H groups in total. The maximum atomic E-state index is 12.7. The number of sulfone groups is 1. The number of nitrogens with zero attached hydrogens (tertiary/aromatic N) is 1. The topological polar surface area (TPSA) is 60.2 Å². The van der Waals surface area contributed by atoms with Crippen LogP contribution >= 0.6 is 0 Å². The Bertz CT molecular complexity index is 718. The van der Waals surface area contributed by atoms with E-state index in [2.05, 4.69) is 5.16 Å². The molecule has 1 aromatic heterocycles. The summed E-state index contributed by atoms with van der Waals surface area (Å²) in [5, 5.41) is 3.25. The smallest absolute Gasteiger partial charge is 0.161 e.